The van der Waals surface area contributed by atoms with Crippen molar-refractivity contribution in [1.82, 2.24) is 25.6 Å². The molecular formula is C14H23N5O2. The van der Waals surface area contributed by atoms with Gasteiger partial charge in [-0.1, -0.05) is 24.5 Å². The highest BCUT2D eigenvalue weighted by molar-refractivity contribution is 5.91. The molecular weight excluding hydrogens is 270 g/mol. The van der Waals surface area contributed by atoms with Crippen LogP contribution in [0.3, 0.4) is 0 Å². The van der Waals surface area contributed by atoms with Crippen LogP contribution in [0.4, 0.5) is 0 Å². The fraction of sp³-hybridized carbons (Fsp3) is 0.786. The average molecular weight is 293 g/mol. The third-order valence-electron chi connectivity index (χ3n) is 4.75. The lowest BCUT2D eigenvalue weighted by atomic mass is 9.74. The highest BCUT2D eigenvalue weighted by Crippen LogP contribution is 2.35. The zero-order chi connectivity index (χ0) is 14.7. The highest BCUT2D eigenvalue weighted by atomic mass is 16.3. The van der Waals surface area contributed by atoms with Gasteiger partial charge in [-0.3, -0.25) is 4.79 Å². The number of aliphatic hydroxyl groups is 1. The van der Waals surface area contributed by atoms with Crippen molar-refractivity contribution >= 4 is 5.91 Å². The summed E-state index contributed by atoms with van der Waals surface area (Å²) in [5.41, 5.74) is 0.202. The fourth-order valence-electron chi connectivity index (χ4n) is 3.07. The molecule has 1 aliphatic carbocycles. The molecule has 1 amide bonds. The lowest BCUT2D eigenvalue weighted by Crippen LogP contribution is -2.43. The predicted molar refractivity (Wildman–Crippen MR) is 76.9 cm³/mol. The van der Waals surface area contributed by atoms with Gasteiger partial charge < -0.3 is 15.7 Å². The largest absolute Gasteiger partial charge is 0.396 e. The van der Waals surface area contributed by atoms with Crippen molar-refractivity contribution in [1.29, 1.82) is 0 Å². The van der Waals surface area contributed by atoms with Crippen molar-refractivity contribution < 1.29 is 9.90 Å². The smallest absolute Gasteiger partial charge is 0.273 e. The first-order valence-electron chi connectivity index (χ1n) is 7.74. The van der Waals surface area contributed by atoms with Crippen LogP contribution in [0.5, 0.6) is 0 Å². The Morgan fingerprint density at radius 3 is 2.81 bits per heavy atom. The second kappa shape index (κ2) is 6.11. The third-order valence-corrected chi connectivity index (χ3v) is 4.75. The summed E-state index contributed by atoms with van der Waals surface area (Å²) in [6.07, 6.45) is 7.13. The molecule has 1 aromatic heterocycles. The zero-order valence-corrected chi connectivity index (χ0v) is 12.2. The molecule has 1 saturated heterocycles. The average Bonchev–Trinajstić information content (AvgIpc) is 2.93. The lowest BCUT2D eigenvalue weighted by Gasteiger charge is -2.35. The molecule has 1 aliphatic heterocycles. The van der Waals surface area contributed by atoms with Gasteiger partial charge in [-0.25, -0.2) is 4.68 Å². The molecule has 0 spiro atoms. The summed E-state index contributed by atoms with van der Waals surface area (Å²) >= 11 is 0. The summed E-state index contributed by atoms with van der Waals surface area (Å²) in [4.78, 5) is 12.2. The monoisotopic (exact) mass is 293 g/mol. The summed E-state index contributed by atoms with van der Waals surface area (Å²) in [7, 11) is 0. The maximum absolute atomic E-state index is 12.2. The van der Waals surface area contributed by atoms with Crippen LogP contribution in [0.2, 0.25) is 0 Å². The van der Waals surface area contributed by atoms with E-state index in [1.54, 1.807) is 10.9 Å². The van der Waals surface area contributed by atoms with Crippen LogP contribution in [-0.4, -0.2) is 52.2 Å². The SMILES string of the molecule is O=C(NCC1(CO)CCCCC1)c1cn(C2CNC2)nn1. The van der Waals surface area contributed by atoms with Crippen molar-refractivity contribution in [2.75, 3.05) is 26.2 Å². The standard InChI is InChI=1S/C14H23N5O2/c20-10-14(4-2-1-3-5-14)9-16-13(21)12-8-19(18-17-12)11-6-15-7-11/h8,11,15,20H,1-7,9-10H2,(H,16,21). The van der Waals surface area contributed by atoms with Gasteiger partial charge in [-0.05, 0) is 12.8 Å². The number of hydrogen-bond acceptors (Lipinski definition) is 5. The quantitative estimate of drug-likeness (QED) is 0.716. The number of carbonyl (C=O) groups excluding carboxylic acids is 1. The van der Waals surface area contributed by atoms with E-state index in [0.717, 1.165) is 38.8 Å². The number of amides is 1. The minimum absolute atomic E-state index is 0.133. The molecule has 2 fully saturated rings. The Labute approximate surface area is 124 Å². The van der Waals surface area contributed by atoms with Crippen LogP contribution in [0.25, 0.3) is 0 Å². The van der Waals surface area contributed by atoms with Crippen molar-refractivity contribution in [3.8, 4) is 0 Å². The van der Waals surface area contributed by atoms with E-state index in [2.05, 4.69) is 20.9 Å². The van der Waals surface area contributed by atoms with Gasteiger partial charge >= 0.3 is 0 Å². The van der Waals surface area contributed by atoms with E-state index >= 15 is 0 Å². The van der Waals surface area contributed by atoms with Crippen LogP contribution in [-0.2, 0) is 0 Å². The highest BCUT2D eigenvalue weighted by Gasteiger charge is 2.32. The summed E-state index contributed by atoms with van der Waals surface area (Å²) < 4.78 is 1.74. The van der Waals surface area contributed by atoms with E-state index in [9.17, 15) is 9.90 Å². The van der Waals surface area contributed by atoms with Crippen LogP contribution >= 0.6 is 0 Å². The predicted octanol–water partition coefficient (Wildman–Crippen LogP) is 0.0950. The Bertz CT molecular complexity index is 491. The van der Waals surface area contributed by atoms with Crippen molar-refractivity contribution in [3.05, 3.63) is 11.9 Å². The minimum atomic E-state index is -0.202. The Kier molecular flexibility index (Phi) is 4.21. The van der Waals surface area contributed by atoms with Crippen LogP contribution in [0.1, 0.15) is 48.6 Å². The van der Waals surface area contributed by atoms with E-state index in [1.807, 2.05) is 0 Å². The van der Waals surface area contributed by atoms with Gasteiger partial charge in [0.05, 0.1) is 18.8 Å². The first-order chi connectivity index (χ1) is 10.2. The molecule has 3 N–H and O–H groups in total. The number of hydrogen-bond donors (Lipinski definition) is 3. The molecule has 21 heavy (non-hydrogen) atoms. The summed E-state index contributed by atoms with van der Waals surface area (Å²) in [5.74, 6) is -0.202. The van der Waals surface area contributed by atoms with Gasteiger partial charge in [-0.15, -0.1) is 5.10 Å². The molecule has 3 rings (SSSR count). The van der Waals surface area contributed by atoms with Crippen molar-refractivity contribution in [3.63, 3.8) is 0 Å². The molecule has 0 aromatic carbocycles. The molecule has 7 nitrogen and oxygen atoms in total. The first kappa shape index (κ1) is 14.5. The Morgan fingerprint density at radius 2 is 2.19 bits per heavy atom. The first-order valence-corrected chi connectivity index (χ1v) is 7.74. The van der Waals surface area contributed by atoms with Gasteiger partial charge in [0.1, 0.15) is 0 Å². The molecule has 7 heteroatoms. The molecule has 0 unspecified atom stereocenters. The van der Waals surface area contributed by atoms with E-state index in [1.165, 1.54) is 6.42 Å². The Balaban J connectivity index is 1.56. The fourth-order valence-corrected chi connectivity index (χ4v) is 3.07. The van der Waals surface area contributed by atoms with Crippen molar-refractivity contribution in [2.45, 2.75) is 38.1 Å². The summed E-state index contributed by atoms with van der Waals surface area (Å²) in [6, 6.07) is 0.307. The Hall–Kier alpha value is -1.47. The molecule has 116 valence electrons. The van der Waals surface area contributed by atoms with Crippen LogP contribution < -0.4 is 10.6 Å². The van der Waals surface area contributed by atoms with Gasteiger partial charge in [0.15, 0.2) is 5.69 Å². The molecule has 2 aliphatic rings. The molecule has 0 atom stereocenters. The Morgan fingerprint density at radius 1 is 1.43 bits per heavy atom. The van der Waals surface area contributed by atoms with Gasteiger partial charge in [0.25, 0.3) is 5.91 Å². The van der Waals surface area contributed by atoms with Crippen LogP contribution in [0.15, 0.2) is 6.20 Å². The van der Waals surface area contributed by atoms with E-state index in [0.29, 0.717) is 18.3 Å². The molecule has 2 heterocycles. The van der Waals surface area contributed by atoms with E-state index < -0.39 is 0 Å². The molecule has 0 radical (unpaired) electrons. The maximum Gasteiger partial charge on any atom is 0.273 e. The molecule has 0 bridgehead atoms. The lowest BCUT2D eigenvalue weighted by molar-refractivity contribution is 0.0715. The number of rotatable bonds is 5. The molecule has 1 saturated carbocycles. The van der Waals surface area contributed by atoms with Gasteiger partial charge in [0.2, 0.25) is 0 Å². The summed E-state index contributed by atoms with van der Waals surface area (Å²) in [6.45, 7) is 2.39. The number of aromatic nitrogens is 3. The summed E-state index contributed by atoms with van der Waals surface area (Å²) in [5, 5.41) is 23.7. The van der Waals surface area contributed by atoms with E-state index in [4.69, 9.17) is 0 Å². The normalized spacial score (nSPS) is 21.8. The van der Waals surface area contributed by atoms with Gasteiger partial charge in [-0.2, -0.15) is 0 Å². The second-order valence-corrected chi connectivity index (χ2v) is 6.30. The van der Waals surface area contributed by atoms with E-state index in [-0.39, 0.29) is 17.9 Å². The van der Waals surface area contributed by atoms with Gasteiger partial charge in [0, 0.05) is 25.0 Å². The van der Waals surface area contributed by atoms with Crippen LogP contribution in [0, 0.1) is 5.41 Å². The number of nitrogens with zero attached hydrogens (tertiary/aromatic N) is 3. The molecule has 1 aromatic rings. The number of nitrogens with one attached hydrogen (secondary N) is 2. The topological polar surface area (TPSA) is 92.1 Å². The maximum atomic E-state index is 12.2. The third kappa shape index (κ3) is 3.08. The number of aliphatic hydroxyl groups excluding tert-OH is 1. The number of carbonyl (C=O) groups is 1. The second-order valence-electron chi connectivity index (χ2n) is 6.30. The zero-order valence-electron chi connectivity index (χ0n) is 12.2. The minimum Gasteiger partial charge on any atom is -0.396 e. The van der Waals surface area contributed by atoms with Crippen molar-refractivity contribution in [2.24, 2.45) is 5.41 Å².